The van der Waals surface area contributed by atoms with Gasteiger partial charge in [0.1, 0.15) is 0 Å². The molecule has 3 heteroatoms. The van der Waals surface area contributed by atoms with Crippen molar-refractivity contribution in [2.45, 2.75) is 33.7 Å². The summed E-state index contributed by atoms with van der Waals surface area (Å²) in [5.41, 5.74) is 2.33. The number of hydrogen-bond donors (Lipinski definition) is 2. The second kappa shape index (κ2) is 8.20. The second-order valence-corrected chi connectivity index (χ2v) is 4.94. The van der Waals surface area contributed by atoms with Crippen LogP contribution in [-0.4, -0.2) is 24.6 Å². The Morgan fingerprint density at radius 2 is 1.94 bits per heavy atom. The molecule has 1 aromatic heterocycles. The first kappa shape index (κ1) is 14.1. The Morgan fingerprint density at radius 1 is 1.18 bits per heavy atom. The summed E-state index contributed by atoms with van der Waals surface area (Å²) in [5, 5.41) is 6.87. The molecule has 0 aliphatic carbocycles. The minimum atomic E-state index is 0.738. The van der Waals surface area contributed by atoms with E-state index < -0.39 is 0 Å². The van der Waals surface area contributed by atoms with E-state index in [0.717, 1.165) is 37.8 Å². The Hall–Kier alpha value is -0.930. The Labute approximate surface area is 105 Å². The van der Waals surface area contributed by atoms with Crippen LogP contribution in [0.3, 0.4) is 0 Å². The Bertz CT molecular complexity index is 293. The molecule has 0 amide bonds. The van der Waals surface area contributed by atoms with E-state index in [9.17, 15) is 0 Å². The van der Waals surface area contributed by atoms with Crippen LogP contribution in [0.5, 0.6) is 0 Å². The summed E-state index contributed by atoms with van der Waals surface area (Å²) in [4.78, 5) is 4.27. The van der Waals surface area contributed by atoms with Gasteiger partial charge >= 0.3 is 0 Å². The van der Waals surface area contributed by atoms with Crippen LogP contribution >= 0.6 is 0 Å². The lowest BCUT2D eigenvalue weighted by Crippen LogP contribution is -2.24. The third-order valence-electron chi connectivity index (χ3n) is 2.56. The molecule has 96 valence electrons. The quantitative estimate of drug-likeness (QED) is 0.678. The first-order valence-corrected chi connectivity index (χ1v) is 6.51. The number of rotatable bonds is 8. The number of nitrogens with one attached hydrogen (secondary N) is 2. The molecule has 0 spiro atoms. The molecule has 0 saturated carbocycles. The van der Waals surface area contributed by atoms with Crippen molar-refractivity contribution in [1.82, 2.24) is 15.6 Å². The average Bonchev–Trinajstić information content (AvgIpc) is 2.30. The maximum Gasteiger partial charge on any atom is 0.0372 e. The molecular formula is C14H25N3. The minimum Gasteiger partial charge on any atom is -0.316 e. The van der Waals surface area contributed by atoms with E-state index in [1.807, 2.05) is 13.1 Å². The van der Waals surface area contributed by atoms with Crippen molar-refractivity contribution in [3.8, 4) is 0 Å². The number of nitrogens with zero attached hydrogens (tertiary/aromatic N) is 1. The van der Waals surface area contributed by atoms with Crippen molar-refractivity contribution in [3.63, 3.8) is 0 Å². The third kappa shape index (κ3) is 7.08. The largest absolute Gasteiger partial charge is 0.316 e. The fourth-order valence-electron chi connectivity index (χ4n) is 1.56. The van der Waals surface area contributed by atoms with Gasteiger partial charge in [-0.15, -0.1) is 0 Å². The topological polar surface area (TPSA) is 37.0 Å². The maximum absolute atomic E-state index is 4.27. The Balaban J connectivity index is 1.99. The molecule has 1 rings (SSSR count). The highest BCUT2D eigenvalue weighted by atomic mass is 14.9. The molecule has 17 heavy (non-hydrogen) atoms. The molecule has 0 aromatic carbocycles. The lowest BCUT2D eigenvalue weighted by Gasteiger charge is -2.08. The fraction of sp³-hybridized carbons (Fsp3) is 0.643. The van der Waals surface area contributed by atoms with Crippen LogP contribution in [0.15, 0.2) is 18.3 Å². The van der Waals surface area contributed by atoms with E-state index >= 15 is 0 Å². The van der Waals surface area contributed by atoms with E-state index in [0.29, 0.717) is 0 Å². The van der Waals surface area contributed by atoms with Crippen LogP contribution < -0.4 is 10.6 Å². The first-order valence-electron chi connectivity index (χ1n) is 6.51. The second-order valence-electron chi connectivity index (χ2n) is 4.94. The van der Waals surface area contributed by atoms with Crippen molar-refractivity contribution in [3.05, 3.63) is 29.6 Å². The zero-order chi connectivity index (χ0) is 12.5. The van der Waals surface area contributed by atoms with Crippen LogP contribution in [0.25, 0.3) is 0 Å². The smallest absolute Gasteiger partial charge is 0.0372 e. The van der Waals surface area contributed by atoms with Gasteiger partial charge in [0.2, 0.25) is 0 Å². The fourth-order valence-corrected chi connectivity index (χ4v) is 1.56. The highest BCUT2D eigenvalue weighted by molar-refractivity contribution is 5.12. The van der Waals surface area contributed by atoms with E-state index in [1.54, 1.807) is 0 Å². The number of pyridine rings is 1. The molecule has 0 aliphatic heterocycles. The summed E-state index contributed by atoms with van der Waals surface area (Å²) >= 11 is 0. The van der Waals surface area contributed by atoms with Gasteiger partial charge in [-0.25, -0.2) is 0 Å². The Kier molecular flexibility index (Phi) is 6.82. The van der Waals surface area contributed by atoms with Gasteiger partial charge in [-0.1, -0.05) is 19.9 Å². The average molecular weight is 235 g/mol. The van der Waals surface area contributed by atoms with Crippen LogP contribution in [0.4, 0.5) is 0 Å². The van der Waals surface area contributed by atoms with Gasteiger partial charge in [0, 0.05) is 18.4 Å². The normalized spacial score (nSPS) is 11.1. The summed E-state index contributed by atoms with van der Waals surface area (Å²) in [7, 11) is 0. The van der Waals surface area contributed by atoms with Crippen molar-refractivity contribution in [1.29, 1.82) is 0 Å². The summed E-state index contributed by atoms with van der Waals surface area (Å²) < 4.78 is 0. The minimum absolute atomic E-state index is 0.738. The summed E-state index contributed by atoms with van der Waals surface area (Å²) in [5.74, 6) is 0.738. The summed E-state index contributed by atoms with van der Waals surface area (Å²) in [6, 6.07) is 4.19. The maximum atomic E-state index is 4.27. The third-order valence-corrected chi connectivity index (χ3v) is 2.56. The molecule has 1 heterocycles. The van der Waals surface area contributed by atoms with Crippen LogP contribution in [0, 0.1) is 12.8 Å². The molecule has 0 atom stereocenters. The van der Waals surface area contributed by atoms with Crippen LogP contribution in [0.1, 0.15) is 31.5 Å². The van der Waals surface area contributed by atoms with E-state index in [1.165, 1.54) is 12.0 Å². The predicted octanol–water partition coefficient (Wildman–Crippen LogP) is 2.12. The van der Waals surface area contributed by atoms with Gasteiger partial charge in [0.25, 0.3) is 0 Å². The van der Waals surface area contributed by atoms with Crippen molar-refractivity contribution < 1.29 is 0 Å². The molecular weight excluding hydrogens is 210 g/mol. The van der Waals surface area contributed by atoms with Gasteiger partial charge in [0.05, 0.1) is 0 Å². The van der Waals surface area contributed by atoms with Crippen LogP contribution in [-0.2, 0) is 6.54 Å². The molecule has 2 N–H and O–H groups in total. The molecule has 1 aromatic rings. The van der Waals surface area contributed by atoms with E-state index in [2.05, 4.69) is 41.6 Å². The molecule has 3 nitrogen and oxygen atoms in total. The summed E-state index contributed by atoms with van der Waals surface area (Å²) in [6.07, 6.45) is 3.12. The molecule has 0 unspecified atom stereocenters. The zero-order valence-corrected chi connectivity index (χ0v) is 11.3. The lowest BCUT2D eigenvalue weighted by atomic mass is 10.2. The van der Waals surface area contributed by atoms with Gasteiger partial charge in [-0.05, 0) is 50.5 Å². The van der Waals surface area contributed by atoms with Crippen LogP contribution in [0.2, 0.25) is 0 Å². The monoisotopic (exact) mass is 235 g/mol. The molecule has 0 bridgehead atoms. The van der Waals surface area contributed by atoms with Crippen molar-refractivity contribution >= 4 is 0 Å². The van der Waals surface area contributed by atoms with E-state index in [-0.39, 0.29) is 0 Å². The highest BCUT2D eigenvalue weighted by Gasteiger charge is 1.94. The Morgan fingerprint density at radius 3 is 2.59 bits per heavy atom. The SMILES string of the molecule is Cc1ccc(CNCCCNCC(C)C)cn1. The van der Waals surface area contributed by atoms with Gasteiger partial charge in [0.15, 0.2) is 0 Å². The van der Waals surface area contributed by atoms with Crippen molar-refractivity contribution in [2.24, 2.45) is 5.92 Å². The molecule has 0 aliphatic rings. The van der Waals surface area contributed by atoms with Crippen molar-refractivity contribution in [2.75, 3.05) is 19.6 Å². The van der Waals surface area contributed by atoms with E-state index in [4.69, 9.17) is 0 Å². The molecule has 0 saturated heterocycles. The zero-order valence-electron chi connectivity index (χ0n) is 11.3. The lowest BCUT2D eigenvalue weighted by molar-refractivity contribution is 0.530. The number of aryl methyl sites for hydroxylation is 1. The highest BCUT2D eigenvalue weighted by Crippen LogP contribution is 1.98. The summed E-state index contributed by atoms with van der Waals surface area (Å²) in [6.45, 7) is 10.7. The number of hydrogen-bond acceptors (Lipinski definition) is 3. The van der Waals surface area contributed by atoms with Gasteiger partial charge < -0.3 is 10.6 Å². The predicted molar refractivity (Wildman–Crippen MR) is 73.0 cm³/mol. The van der Waals surface area contributed by atoms with Gasteiger partial charge in [-0.3, -0.25) is 4.98 Å². The number of aromatic nitrogens is 1. The standard InChI is InChI=1S/C14H25N3/c1-12(2)9-15-7-4-8-16-10-14-6-5-13(3)17-11-14/h5-6,11-12,15-16H,4,7-10H2,1-3H3. The first-order chi connectivity index (χ1) is 8.18. The van der Waals surface area contributed by atoms with Gasteiger partial charge in [-0.2, -0.15) is 0 Å². The molecule has 0 fully saturated rings. The molecule has 0 radical (unpaired) electrons.